The zero-order chi connectivity index (χ0) is 9.57. The van der Waals surface area contributed by atoms with Crippen LogP contribution in [0.5, 0.6) is 0 Å². The van der Waals surface area contributed by atoms with Crippen LogP contribution in [0.2, 0.25) is 0 Å². The van der Waals surface area contributed by atoms with E-state index in [1.165, 1.54) is 25.1 Å². The third kappa shape index (κ3) is 4.16. The summed E-state index contributed by atoms with van der Waals surface area (Å²) >= 11 is 2.06. The lowest BCUT2D eigenvalue weighted by molar-refractivity contribution is 0.735. The van der Waals surface area contributed by atoms with Crippen LogP contribution in [-0.4, -0.2) is 23.7 Å². The Morgan fingerprint density at radius 1 is 1.54 bits per heavy atom. The first kappa shape index (κ1) is 11.1. The van der Waals surface area contributed by atoms with Crippen molar-refractivity contribution in [3.8, 4) is 0 Å². The molecule has 0 amide bonds. The van der Waals surface area contributed by atoms with Crippen LogP contribution in [0.1, 0.15) is 26.2 Å². The number of rotatable bonds is 7. The topological polar surface area (TPSA) is 48.0 Å². The Labute approximate surface area is 85.3 Å². The summed E-state index contributed by atoms with van der Waals surface area (Å²) in [5.41, 5.74) is 5.35. The van der Waals surface area contributed by atoms with Gasteiger partial charge < -0.3 is 5.73 Å². The van der Waals surface area contributed by atoms with Crippen LogP contribution in [0.4, 0.5) is 0 Å². The zero-order valence-electron chi connectivity index (χ0n) is 8.38. The van der Waals surface area contributed by atoms with Crippen LogP contribution in [-0.2, 0) is 0 Å². The van der Waals surface area contributed by atoms with Gasteiger partial charge in [0.25, 0.3) is 0 Å². The van der Waals surface area contributed by atoms with Gasteiger partial charge >= 0.3 is 0 Å². The smallest absolute Gasteiger partial charge is 0.0772 e. The Balaban J connectivity index is 2.02. The fourth-order valence-corrected chi connectivity index (χ4v) is 2.66. The molecule has 0 aromatic heterocycles. The van der Waals surface area contributed by atoms with Crippen molar-refractivity contribution in [1.29, 1.82) is 0 Å². The highest BCUT2D eigenvalue weighted by molar-refractivity contribution is 8.00. The van der Waals surface area contributed by atoms with Crippen molar-refractivity contribution in [3.05, 3.63) is 12.2 Å². The maximum Gasteiger partial charge on any atom is 0.0772 e. The van der Waals surface area contributed by atoms with E-state index in [1.807, 2.05) is 6.08 Å². The maximum atomic E-state index is 5.35. The standard InChI is InChI=1S/C10H20N2S/c1-2-6-10(9-12-10)13-8-5-3-4-7-11/h3-4,12H,2,5-9,11H2,1H3. The number of allylic oxidation sites excluding steroid dienone is 1. The Hall–Kier alpha value is 0.01000. The van der Waals surface area contributed by atoms with Crippen LogP contribution >= 0.6 is 11.8 Å². The number of nitrogens with one attached hydrogen (secondary N) is 1. The Bertz CT molecular complexity index is 164. The minimum Gasteiger partial charge on any atom is -0.327 e. The molecule has 1 saturated heterocycles. The van der Waals surface area contributed by atoms with Crippen molar-refractivity contribution < 1.29 is 0 Å². The zero-order valence-corrected chi connectivity index (χ0v) is 9.20. The van der Waals surface area contributed by atoms with Crippen molar-refractivity contribution in [2.75, 3.05) is 18.8 Å². The van der Waals surface area contributed by atoms with E-state index in [-0.39, 0.29) is 0 Å². The summed E-state index contributed by atoms with van der Waals surface area (Å²) < 4.78 is 0. The molecule has 1 fully saturated rings. The molecule has 0 spiro atoms. The predicted molar refractivity (Wildman–Crippen MR) is 60.9 cm³/mol. The monoisotopic (exact) mass is 200 g/mol. The van der Waals surface area contributed by atoms with Gasteiger partial charge in [-0.05, 0) is 18.6 Å². The van der Waals surface area contributed by atoms with Gasteiger partial charge in [-0.25, -0.2) is 0 Å². The van der Waals surface area contributed by atoms with Gasteiger partial charge in [0.1, 0.15) is 0 Å². The molecule has 76 valence electrons. The molecular weight excluding hydrogens is 180 g/mol. The number of hydrogen-bond donors (Lipinski definition) is 2. The fourth-order valence-electron chi connectivity index (χ4n) is 1.39. The summed E-state index contributed by atoms with van der Waals surface area (Å²) in [6.45, 7) is 4.12. The molecule has 0 saturated carbocycles. The molecule has 0 bridgehead atoms. The van der Waals surface area contributed by atoms with E-state index < -0.39 is 0 Å². The maximum absolute atomic E-state index is 5.35. The summed E-state index contributed by atoms with van der Waals surface area (Å²) in [5, 5.41) is 3.45. The highest BCUT2D eigenvalue weighted by Gasteiger charge is 2.40. The molecule has 1 rings (SSSR count). The molecule has 0 aromatic rings. The van der Waals surface area contributed by atoms with Crippen molar-refractivity contribution in [2.45, 2.75) is 31.1 Å². The molecule has 3 heteroatoms. The van der Waals surface area contributed by atoms with Gasteiger partial charge in [0, 0.05) is 13.1 Å². The van der Waals surface area contributed by atoms with Crippen molar-refractivity contribution >= 4 is 11.8 Å². The summed E-state index contributed by atoms with van der Waals surface area (Å²) in [6.07, 6.45) is 7.94. The van der Waals surface area contributed by atoms with E-state index in [9.17, 15) is 0 Å². The molecule has 0 aromatic carbocycles. The lowest BCUT2D eigenvalue weighted by Crippen LogP contribution is -2.09. The summed E-state index contributed by atoms with van der Waals surface area (Å²) in [4.78, 5) is 0.450. The molecule has 3 N–H and O–H groups in total. The van der Waals surface area contributed by atoms with Crippen LogP contribution in [0, 0.1) is 0 Å². The molecule has 1 aliphatic heterocycles. The van der Waals surface area contributed by atoms with Crippen LogP contribution in [0.3, 0.4) is 0 Å². The van der Waals surface area contributed by atoms with E-state index in [1.54, 1.807) is 0 Å². The first-order valence-corrected chi connectivity index (χ1v) is 6.05. The molecule has 13 heavy (non-hydrogen) atoms. The summed E-state index contributed by atoms with van der Waals surface area (Å²) in [6, 6.07) is 0. The lowest BCUT2D eigenvalue weighted by Gasteiger charge is -2.10. The van der Waals surface area contributed by atoms with Gasteiger partial charge in [0.2, 0.25) is 0 Å². The molecule has 1 aliphatic rings. The van der Waals surface area contributed by atoms with Crippen molar-refractivity contribution in [2.24, 2.45) is 5.73 Å². The van der Waals surface area contributed by atoms with Gasteiger partial charge in [0.05, 0.1) is 4.87 Å². The normalized spacial score (nSPS) is 26.9. The van der Waals surface area contributed by atoms with Gasteiger partial charge in [0.15, 0.2) is 0 Å². The predicted octanol–water partition coefficient (Wildman–Crippen LogP) is 1.72. The molecule has 2 nitrogen and oxygen atoms in total. The van der Waals surface area contributed by atoms with E-state index in [2.05, 4.69) is 30.1 Å². The molecule has 0 aliphatic carbocycles. The molecule has 0 radical (unpaired) electrons. The second kappa shape index (κ2) is 5.68. The summed E-state index contributed by atoms with van der Waals surface area (Å²) in [7, 11) is 0. The highest BCUT2D eigenvalue weighted by atomic mass is 32.2. The van der Waals surface area contributed by atoms with E-state index >= 15 is 0 Å². The van der Waals surface area contributed by atoms with Gasteiger partial charge in [-0.15, -0.1) is 11.8 Å². The van der Waals surface area contributed by atoms with Crippen LogP contribution in [0.25, 0.3) is 0 Å². The van der Waals surface area contributed by atoms with E-state index in [0.29, 0.717) is 11.4 Å². The van der Waals surface area contributed by atoms with Crippen LogP contribution in [0.15, 0.2) is 12.2 Å². The number of thioether (sulfide) groups is 1. The van der Waals surface area contributed by atoms with E-state index in [0.717, 1.165) is 6.42 Å². The van der Waals surface area contributed by atoms with Gasteiger partial charge in [-0.2, -0.15) is 0 Å². The SMILES string of the molecule is CCCC1(SCCC=CCN)CN1. The van der Waals surface area contributed by atoms with Crippen molar-refractivity contribution in [1.82, 2.24) is 5.32 Å². The van der Waals surface area contributed by atoms with Crippen molar-refractivity contribution in [3.63, 3.8) is 0 Å². The molecule has 1 heterocycles. The third-order valence-electron chi connectivity index (χ3n) is 2.19. The van der Waals surface area contributed by atoms with Crippen LogP contribution < -0.4 is 11.1 Å². The second-order valence-electron chi connectivity index (χ2n) is 3.44. The molecular formula is C10H20N2S. The van der Waals surface area contributed by atoms with Gasteiger partial charge in [-0.1, -0.05) is 25.5 Å². The minimum absolute atomic E-state index is 0.450. The Morgan fingerprint density at radius 3 is 2.85 bits per heavy atom. The first-order valence-electron chi connectivity index (χ1n) is 5.07. The number of hydrogen-bond acceptors (Lipinski definition) is 3. The largest absolute Gasteiger partial charge is 0.327 e. The Morgan fingerprint density at radius 2 is 2.31 bits per heavy atom. The molecule has 1 unspecified atom stereocenters. The first-order chi connectivity index (χ1) is 6.33. The fraction of sp³-hybridized carbons (Fsp3) is 0.800. The second-order valence-corrected chi connectivity index (χ2v) is 4.92. The van der Waals surface area contributed by atoms with Gasteiger partial charge in [-0.3, -0.25) is 5.32 Å². The number of nitrogens with two attached hydrogens (primary N) is 1. The molecule has 1 atom stereocenters. The summed E-state index contributed by atoms with van der Waals surface area (Å²) in [5.74, 6) is 1.21. The quantitative estimate of drug-likeness (QED) is 0.374. The third-order valence-corrected chi connectivity index (χ3v) is 3.68. The Kier molecular flexibility index (Phi) is 4.84. The highest BCUT2D eigenvalue weighted by Crippen LogP contribution is 2.36. The average Bonchev–Trinajstić information content (AvgIpc) is 2.86. The minimum atomic E-state index is 0.450. The average molecular weight is 200 g/mol. The lowest BCUT2D eigenvalue weighted by atomic mass is 10.3. The van der Waals surface area contributed by atoms with E-state index in [4.69, 9.17) is 5.73 Å².